The van der Waals surface area contributed by atoms with Crippen LogP contribution in [0, 0.1) is 0 Å². The molecule has 0 spiro atoms. The van der Waals surface area contributed by atoms with Crippen LogP contribution >= 0.6 is 11.6 Å². The van der Waals surface area contributed by atoms with Crippen molar-refractivity contribution < 1.29 is 14.3 Å². The molecule has 1 aliphatic rings. The van der Waals surface area contributed by atoms with Gasteiger partial charge in [0.2, 0.25) is 0 Å². The zero-order valence-corrected chi connectivity index (χ0v) is 14.6. The predicted octanol–water partition coefficient (Wildman–Crippen LogP) is 3.61. The lowest BCUT2D eigenvalue weighted by Crippen LogP contribution is -2.18. The van der Waals surface area contributed by atoms with E-state index in [0.717, 1.165) is 5.56 Å². The Morgan fingerprint density at radius 2 is 1.92 bits per heavy atom. The van der Waals surface area contributed by atoms with E-state index < -0.39 is 0 Å². The number of aromatic nitrogens is 2. The number of halogens is 1. The van der Waals surface area contributed by atoms with Crippen LogP contribution in [0.2, 0.25) is 5.02 Å². The van der Waals surface area contributed by atoms with E-state index in [2.05, 4.69) is 10.4 Å². The summed E-state index contributed by atoms with van der Waals surface area (Å²) in [6.07, 6.45) is 1.64. The highest BCUT2D eigenvalue weighted by Gasteiger charge is 2.16. The van der Waals surface area contributed by atoms with Crippen LogP contribution in [0.5, 0.6) is 11.5 Å². The third-order valence-electron chi connectivity index (χ3n) is 4.04. The Morgan fingerprint density at radius 3 is 2.77 bits per heavy atom. The lowest BCUT2D eigenvalue weighted by atomic mass is 10.2. The molecule has 4 rings (SSSR count). The molecule has 3 aromatic rings. The fourth-order valence-corrected chi connectivity index (χ4v) is 2.92. The minimum atomic E-state index is -0.247. The van der Waals surface area contributed by atoms with Gasteiger partial charge in [-0.2, -0.15) is 5.10 Å². The lowest BCUT2D eigenvalue weighted by Gasteiger charge is -2.18. The maximum atomic E-state index is 12.6. The number of nitrogens with one attached hydrogen (secondary N) is 1. The van der Waals surface area contributed by atoms with Crippen molar-refractivity contribution >= 4 is 23.3 Å². The molecule has 0 aliphatic carbocycles. The zero-order chi connectivity index (χ0) is 17.9. The van der Waals surface area contributed by atoms with Gasteiger partial charge in [0.05, 0.1) is 12.7 Å². The van der Waals surface area contributed by atoms with Crippen LogP contribution in [0.3, 0.4) is 0 Å². The van der Waals surface area contributed by atoms with Crippen molar-refractivity contribution in [2.75, 3.05) is 18.5 Å². The number of fused-ring (bicyclic) bond motifs is 1. The molecule has 1 aromatic heterocycles. The minimum Gasteiger partial charge on any atom is -0.486 e. The summed E-state index contributed by atoms with van der Waals surface area (Å²) >= 11 is 6.21. The summed E-state index contributed by atoms with van der Waals surface area (Å²) in [6.45, 7) is 1.45. The van der Waals surface area contributed by atoms with Gasteiger partial charge >= 0.3 is 0 Å². The second-order valence-corrected chi connectivity index (χ2v) is 6.19. The molecule has 2 aromatic carbocycles. The van der Waals surface area contributed by atoms with Crippen LogP contribution in [-0.4, -0.2) is 28.9 Å². The molecule has 0 fully saturated rings. The van der Waals surface area contributed by atoms with Gasteiger partial charge in [0.15, 0.2) is 11.5 Å². The van der Waals surface area contributed by atoms with Crippen LogP contribution in [0.1, 0.15) is 15.9 Å². The van der Waals surface area contributed by atoms with E-state index in [1.807, 2.05) is 24.3 Å². The van der Waals surface area contributed by atoms with Crippen molar-refractivity contribution in [3.8, 4) is 11.5 Å². The van der Waals surface area contributed by atoms with Crippen molar-refractivity contribution in [1.82, 2.24) is 9.78 Å². The molecule has 0 radical (unpaired) electrons. The number of hydrogen-bond donors (Lipinski definition) is 1. The molecule has 0 unspecified atom stereocenters. The van der Waals surface area contributed by atoms with Gasteiger partial charge in [-0.25, -0.2) is 4.68 Å². The molecular formula is C19H16ClN3O3. The van der Waals surface area contributed by atoms with Gasteiger partial charge in [-0.1, -0.05) is 29.8 Å². The molecule has 0 saturated heterocycles. The van der Waals surface area contributed by atoms with Crippen molar-refractivity contribution in [2.45, 2.75) is 6.54 Å². The molecule has 1 aliphatic heterocycles. The van der Waals surface area contributed by atoms with E-state index in [9.17, 15) is 4.79 Å². The first-order valence-corrected chi connectivity index (χ1v) is 8.55. The third-order valence-corrected chi connectivity index (χ3v) is 4.41. The van der Waals surface area contributed by atoms with E-state index >= 15 is 0 Å². The summed E-state index contributed by atoms with van der Waals surface area (Å²) in [5, 5.41) is 7.80. The molecule has 26 heavy (non-hydrogen) atoms. The highest BCUT2D eigenvalue weighted by Crippen LogP contribution is 2.31. The predicted molar refractivity (Wildman–Crippen MR) is 98.2 cm³/mol. The highest BCUT2D eigenvalue weighted by atomic mass is 35.5. The van der Waals surface area contributed by atoms with Crippen molar-refractivity contribution in [3.63, 3.8) is 0 Å². The number of rotatable bonds is 4. The number of carbonyl (C=O) groups excluding carboxylic acids is 1. The number of hydrogen-bond acceptors (Lipinski definition) is 4. The summed E-state index contributed by atoms with van der Waals surface area (Å²) < 4.78 is 12.7. The van der Waals surface area contributed by atoms with Crippen LogP contribution in [0.4, 0.5) is 5.82 Å². The summed E-state index contributed by atoms with van der Waals surface area (Å²) in [6, 6.07) is 14.4. The largest absolute Gasteiger partial charge is 0.486 e. The Hall–Kier alpha value is -2.99. The first kappa shape index (κ1) is 16.5. The smallest absolute Gasteiger partial charge is 0.256 e. The van der Waals surface area contributed by atoms with E-state index in [1.165, 1.54) is 0 Å². The van der Waals surface area contributed by atoms with Gasteiger partial charge < -0.3 is 14.8 Å². The lowest BCUT2D eigenvalue weighted by molar-refractivity contribution is 0.102. The molecule has 132 valence electrons. The molecule has 0 saturated carbocycles. The first-order valence-electron chi connectivity index (χ1n) is 8.17. The summed E-state index contributed by atoms with van der Waals surface area (Å²) in [5.41, 5.74) is 1.41. The van der Waals surface area contributed by atoms with Crippen molar-refractivity contribution in [3.05, 3.63) is 70.9 Å². The van der Waals surface area contributed by atoms with E-state index in [0.29, 0.717) is 47.7 Å². The first-order chi connectivity index (χ1) is 12.7. The van der Waals surface area contributed by atoms with E-state index in [4.69, 9.17) is 21.1 Å². The normalized spacial score (nSPS) is 12.7. The fraction of sp³-hybridized carbons (Fsp3) is 0.158. The highest BCUT2D eigenvalue weighted by molar-refractivity contribution is 6.31. The molecule has 0 bridgehead atoms. The monoisotopic (exact) mass is 369 g/mol. The molecular weight excluding hydrogens is 354 g/mol. The molecule has 1 amide bonds. The van der Waals surface area contributed by atoms with Crippen LogP contribution in [-0.2, 0) is 6.54 Å². The SMILES string of the molecule is O=C(Nc1ccnn1Cc1ccccc1Cl)c1ccc2c(c1)OCCO2. The number of carbonyl (C=O) groups is 1. The Morgan fingerprint density at radius 1 is 1.12 bits per heavy atom. The summed E-state index contributed by atoms with van der Waals surface area (Å²) in [4.78, 5) is 12.6. The van der Waals surface area contributed by atoms with Gasteiger partial charge in [-0.15, -0.1) is 0 Å². The number of anilines is 1. The third kappa shape index (κ3) is 3.36. The van der Waals surface area contributed by atoms with Gasteiger partial charge in [0, 0.05) is 16.7 Å². The Balaban J connectivity index is 1.52. The maximum absolute atomic E-state index is 12.6. The second kappa shape index (κ2) is 7.09. The number of amides is 1. The molecule has 6 nitrogen and oxygen atoms in total. The van der Waals surface area contributed by atoms with Crippen LogP contribution in [0.25, 0.3) is 0 Å². The minimum absolute atomic E-state index is 0.247. The quantitative estimate of drug-likeness (QED) is 0.763. The van der Waals surface area contributed by atoms with Crippen molar-refractivity contribution in [1.29, 1.82) is 0 Å². The summed E-state index contributed by atoms with van der Waals surface area (Å²) in [7, 11) is 0. The van der Waals surface area contributed by atoms with Gasteiger partial charge in [-0.3, -0.25) is 4.79 Å². The fourth-order valence-electron chi connectivity index (χ4n) is 2.73. The second-order valence-electron chi connectivity index (χ2n) is 5.78. The molecule has 7 heteroatoms. The molecule has 0 atom stereocenters. The average molecular weight is 370 g/mol. The number of nitrogens with zero attached hydrogens (tertiary/aromatic N) is 2. The van der Waals surface area contributed by atoms with Gasteiger partial charge in [0.25, 0.3) is 5.91 Å². The number of ether oxygens (including phenoxy) is 2. The molecule has 1 N–H and O–H groups in total. The van der Waals surface area contributed by atoms with Crippen LogP contribution < -0.4 is 14.8 Å². The van der Waals surface area contributed by atoms with E-state index in [1.54, 1.807) is 35.1 Å². The number of benzene rings is 2. The standard InChI is InChI=1S/C19H16ClN3O3/c20-15-4-2-1-3-14(15)12-23-18(7-8-21-23)22-19(24)13-5-6-16-17(11-13)26-10-9-25-16/h1-8,11H,9-10,12H2,(H,22,24). The van der Waals surface area contributed by atoms with Crippen molar-refractivity contribution in [2.24, 2.45) is 0 Å². The zero-order valence-electron chi connectivity index (χ0n) is 13.8. The Kier molecular flexibility index (Phi) is 4.50. The van der Waals surface area contributed by atoms with Crippen LogP contribution in [0.15, 0.2) is 54.7 Å². The maximum Gasteiger partial charge on any atom is 0.256 e. The van der Waals surface area contributed by atoms with Gasteiger partial charge in [-0.05, 0) is 29.8 Å². The van der Waals surface area contributed by atoms with E-state index in [-0.39, 0.29) is 5.91 Å². The average Bonchev–Trinajstić information content (AvgIpc) is 3.10. The summed E-state index contributed by atoms with van der Waals surface area (Å²) in [5.74, 6) is 1.57. The topological polar surface area (TPSA) is 65.4 Å². The molecule has 2 heterocycles. The Bertz CT molecular complexity index is 955. The Labute approximate surface area is 155 Å². The van der Waals surface area contributed by atoms with Gasteiger partial charge in [0.1, 0.15) is 19.0 Å².